The molecule has 0 atom stereocenters. The molecule has 0 saturated heterocycles. The first-order valence-electron chi connectivity index (χ1n) is 16.0. The van der Waals surface area contributed by atoms with Gasteiger partial charge in [0.05, 0.1) is 39.8 Å². The van der Waals surface area contributed by atoms with E-state index in [4.69, 9.17) is 9.97 Å². The molecule has 7 rings (SSSR count). The maximum Gasteiger partial charge on any atom is 0.0734 e. The van der Waals surface area contributed by atoms with E-state index in [0.29, 0.717) is 0 Å². The first-order valence-corrected chi connectivity index (χ1v) is 16.0. The fourth-order valence-corrected chi connectivity index (χ4v) is 6.11. The van der Waals surface area contributed by atoms with Crippen molar-refractivity contribution >= 4 is 28.4 Å². The van der Waals surface area contributed by atoms with E-state index in [-0.39, 0.29) is 10.8 Å². The zero-order chi connectivity index (χ0) is 32.1. The van der Waals surface area contributed by atoms with Crippen LogP contribution in [-0.4, -0.2) is 9.97 Å². The van der Waals surface area contributed by atoms with Crippen molar-refractivity contribution in [1.82, 2.24) is 9.97 Å². The van der Waals surface area contributed by atoms with Gasteiger partial charge in [-0.25, -0.2) is 4.98 Å². The van der Waals surface area contributed by atoms with Crippen molar-refractivity contribution < 1.29 is 0 Å². The predicted octanol–water partition coefficient (Wildman–Crippen LogP) is 11.6. The minimum atomic E-state index is -0.0718. The minimum absolute atomic E-state index is 0.0479. The lowest BCUT2D eigenvalue weighted by Gasteiger charge is -2.35. The largest absolute Gasteiger partial charge is 0.352 e. The Kier molecular flexibility index (Phi) is 7.24. The zero-order valence-electron chi connectivity index (χ0n) is 27.5. The summed E-state index contributed by atoms with van der Waals surface area (Å²) in [6, 6.07) is 43.0. The molecule has 6 aromatic rings. The highest BCUT2D eigenvalue weighted by atomic mass is 15.2. The van der Waals surface area contributed by atoms with E-state index < -0.39 is 0 Å². The van der Waals surface area contributed by atoms with Crippen LogP contribution < -0.4 is 10.2 Å². The number of pyridine rings is 2. The lowest BCUT2D eigenvalue weighted by atomic mass is 9.85. The molecule has 1 aliphatic heterocycles. The Morgan fingerprint density at radius 3 is 1.93 bits per heavy atom. The molecule has 0 radical (unpaired) electrons. The molecular formula is C42H40N4. The van der Waals surface area contributed by atoms with E-state index in [1.54, 1.807) is 0 Å². The normalized spacial score (nSPS) is 12.7. The third-order valence-corrected chi connectivity index (χ3v) is 8.75. The Morgan fingerprint density at radius 1 is 0.543 bits per heavy atom. The third kappa shape index (κ3) is 5.56. The van der Waals surface area contributed by atoms with Crippen LogP contribution in [0.2, 0.25) is 0 Å². The monoisotopic (exact) mass is 600 g/mol. The predicted molar refractivity (Wildman–Crippen MR) is 194 cm³/mol. The molecule has 1 aliphatic rings. The number of benzene rings is 4. The van der Waals surface area contributed by atoms with Crippen LogP contribution in [-0.2, 0) is 10.8 Å². The van der Waals surface area contributed by atoms with Gasteiger partial charge in [0.1, 0.15) is 0 Å². The SMILES string of the molecule is CC(C)(C)c1ccnc(-c2cccc(-c3cc(C(C)(C)C)cc(-c4cccc5c4Nc4ccccc4N5c4ccccc4)n3)c2)c1. The average molecular weight is 601 g/mol. The van der Waals surface area contributed by atoms with Crippen molar-refractivity contribution in [3.8, 4) is 33.8 Å². The topological polar surface area (TPSA) is 41.1 Å². The molecule has 0 saturated carbocycles. The van der Waals surface area contributed by atoms with Gasteiger partial charge in [0.2, 0.25) is 0 Å². The fraction of sp³-hybridized carbons (Fsp3) is 0.190. The molecular weight excluding hydrogens is 560 g/mol. The maximum atomic E-state index is 5.36. The standard InChI is InChI=1S/C42H40N4/c1-41(2,3)30-22-23-43-35(25-30)28-14-12-15-29(24-28)36-26-31(42(4,5)6)27-37(44-36)33-18-13-21-39-40(33)45-34-19-10-11-20-38(34)46(39)32-16-8-7-9-17-32/h7-27,45H,1-6H3. The quantitative estimate of drug-likeness (QED) is 0.218. The number of aromatic nitrogens is 2. The second-order valence-corrected chi connectivity index (χ2v) is 14.1. The molecule has 4 aromatic carbocycles. The summed E-state index contributed by atoms with van der Waals surface area (Å²) >= 11 is 0. The van der Waals surface area contributed by atoms with Gasteiger partial charge in [-0.3, -0.25) is 4.98 Å². The highest BCUT2D eigenvalue weighted by molar-refractivity contribution is 6.02. The van der Waals surface area contributed by atoms with Gasteiger partial charge < -0.3 is 10.2 Å². The number of fused-ring (bicyclic) bond motifs is 2. The van der Waals surface area contributed by atoms with Crippen LogP contribution in [0.3, 0.4) is 0 Å². The number of hydrogen-bond donors (Lipinski definition) is 1. The van der Waals surface area contributed by atoms with E-state index in [9.17, 15) is 0 Å². The van der Waals surface area contributed by atoms with E-state index in [2.05, 4.69) is 173 Å². The Morgan fingerprint density at radius 2 is 1.17 bits per heavy atom. The summed E-state index contributed by atoms with van der Waals surface area (Å²) in [6.07, 6.45) is 1.92. The highest BCUT2D eigenvalue weighted by Crippen LogP contribution is 2.51. The highest BCUT2D eigenvalue weighted by Gasteiger charge is 2.27. The van der Waals surface area contributed by atoms with Crippen molar-refractivity contribution in [3.63, 3.8) is 0 Å². The Hall–Kier alpha value is -5.22. The van der Waals surface area contributed by atoms with Crippen molar-refractivity contribution in [2.24, 2.45) is 0 Å². The second-order valence-electron chi connectivity index (χ2n) is 14.1. The molecule has 0 bridgehead atoms. The van der Waals surface area contributed by atoms with Crippen molar-refractivity contribution in [2.75, 3.05) is 10.2 Å². The van der Waals surface area contributed by atoms with Gasteiger partial charge >= 0.3 is 0 Å². The zero-order valence-corrected chi connectivity index (χ0v) is 27.5. The number of anilines is 5. The molecule has 0 amide bonds. The molecule has 1 N–H and O–H groups in total. The van der Waals surface area contributed by atoms with Crippen molar-refractivity contribution in [1.29, 1.82) is 0 Å². The summed E-state index contributed by atoms with van der Waals surface area (Å²) in [6.45, 7) is 13.5. The average Bonchev–Trinajstić information content (AvgIpc) is 3.06. The summed E-state index contributed by atoms with van der Waals surface area (Å²) in [4.78, 5) is 12.4. The van der Waals surface area contributed by atoms with Crippen LogP contribution in [0.1, 0.15) is 52.7 Å². The number of rotatable bonds is 4. The first-order chi connectivity index (χ1) is 22.1. The van der Waals surface area contributed by atoms with E-state index in [1.165, 1.54) is 11.1 Å². The summed E-state index contributed by atoms with van der Waals surface area (Å²) in [5, 5.41) is 3.78. The maximum absolute atomic E-state index is 5.36. The molecule has 0 aliphatic carbocycles. The summed E-state index contributed by atoms with van der Waals surface area (Å²) in [5.74, 6) is 0. The lowest BCUT2D eigenvalue weighted by molar-refractivity contribution is 0.589. The second kappa shape index (κ2) is 11.3. The van der Waals surface area contributed by atoms with E-state index in [0.717, 1.165) is 62.2 Å². The molecule has 4 nitrogen and oxygen atoms in total. The van der Waals surface area contributed by atoms with E-state index in [1.807, 2.05) is 6.20 Å². The summed E-state index contributed by atoms with van der Waals surface area (Å²) < 4.78 is 0. The first kappa shape index (κ1) is 29.5. The molecule has 228 valence electrons. The Bertz CT molecular complexity index is 2050. The van der Waals surface area contributed by atoms with Gasteiger partial charge in [-0.15, -0.1) is 0 Å². The lowest BCUT2D eigenvalue weighted by Crippen LogP contribution is -2.18. The van der Waals surface area contributed by atoms with Gasteiger partial charge in [0.25, 0.3) is 0 Å². The van der Waals surface area contributed by atoms with Gasteiger partial charge in [-0.1, -0.05) is 102 Å². The van der Waals surface area contributed by atoms with Crippen LogP contribution >= 0.6 is 0 Å². The van der Waals surface area contributed by atoms with Crippen LogP contribution in [0.25, 0.3) is 33.8 Å². The van der Waals surface area contributed by atoms with Gasteiger partial charge in [-0.05, 0) is 82.6 Å². The molecule has 0 unspecified atom stereocenters. The molecule has 4 heteroatoms. The van der Waals surface area contributed by atoms with Crippen LogP contribution in [0, 0.1) is 0 Å². The third-order valence-electron chi connectivity index (χ3n) is 8.75. The smallest absolute Gasteiger partial charge is 0.0734 e. The van der Waals surface area contributed by atoms with Gasteiger partial charge in [0, 0.05) is 28.6 Å². The molecule has 2 aromatic heterocycles. The number of hydrogen-bond acceptors (Lipinski definition) is 4. The number of nitrogens with zero attached hydrogens (tertiary/aromatic N) is 3. The van der Waals surface area contributed by atoms with Crippen LogP contribution in [0.5, 0.6) is 0 Å². The summed E-state index contributed by atoms with van der Waals surface area (Å²) in [7, 11) is 0. The molecule has 3 heterocycles. The molecule has 0 fully saturated rings. The minimum Gasteiger partial charge on any atom is -0.352 e. The van der Waals surface area contributed by atoms with E-state index >= 15 is 0 Å². The number of nitrogens with one attached hydrogen (secondary N) is 1. The van der Waals surface area contributed by atoms with Gasteiger partial charge in [-0.2, -0.15) is 0 Å². The Balaban J connectivity index is 1.38. The number of para-hydroxylation sites is 4. The Labute approximate surface area is 272 Å². The van der Waals surface area contributed by atoms with Crippen molar-refractivity contribution in [2.45, 2.75) is 52.4 Å². The summed E-state index contributed by atoms with van der Waals surface area (Å²) in [5.41, 5.74) is 14.0. The fourth-order valence-electron chi connectivity index (χ4n) is 6.11. The van der Waals surface area contributed by atoms with Crippen molar-refractivity contribution in [3.05, 3.63) is 139 Å². The molecule has 0 spiro atoms. The van der Waals surface area contributed by atoms with Gasteiger partial charge in [0.15, 0.2) is 0 Å². The molecule has 46 heavy (non-hydrogen) atoms. The van der Waals surface area contributed by atoms with Crippen LogP contribution in [0.15, 0.2) is 128 Å². The van der Waals surface area contributed by atoms with Crippen LogP contribution in [0.4, 0.5) is 28.4 Å².